The molecule has 2 aromatic heterocycles. The minimum atomic E-state index is 0.200. The lowest BCUT2D eigenvalue weighted by Crippen LogP contribution is -2.05. The number of hydrogen-bond donors (Lipinski definition) is 1. The molecule has 0 aliphatic carbocycles. The summed E-state index contributed by atoms with van der Waals surface area (Å²) in [6.45, 7) is 3.92. The van der Waals surface area contributed by atoms with Crippen molar-refractivity contribution >= 4 is 33.0 Å². The maximum Gasteiger partial charge on any atom is 0.249 e. The molecule has 3 aromatic rings. The minimum Gasteiger partial charge on any atom is -0.421 e. The van der Waals surface area contributed by atoms with E-state index >= 15 is 0 Å². The second-order valence-electron chi connectivity index (χ2n) is 4.68. The zero-order chi connectivity index (χ0) is 14.8. The highest BCUT2D eigenvalue weighted by atomic mass is 79.9. The Morgan fingerprint density at radius 3 is 2.67 bits per heavy atom. The molecule has 0 spiro atoms. The molecule has 108 valence electrons. The molecule has 1 atom stereocenters. The first-order valence-electron chi connectivity index (χ1n) is 6.55. The molecule has 4 nitrogen and oxygen atoms in total. The monoisotopic (exact) mass is 363 g/mol. The van der Waals surface area contributed by atoms with Crippen LogP contribution in [-0.2, 0) is 0 Å². The van der Waals surface area contributed by atoms with Gasteiger partial charge in [0.1, 0.15) is 0 Å². The van der Waals surface area contributed by atoms with E-state index in [4.69, 9.17) is 4.42 Å². The van der Waals surface area contributed by atoms with E-state index in [2.05, 4.69) is 50.5 Å². The third-order valence-corrected chi connectivity index (χ3v) is 4.88. The number of halogens is 1. The van der Waals surface area contributed by atoms with Crippen molar-refractivity contribution in [3.05, 3.63) is 51.0 Å². The lowest BCUT2D eigenvalue weighted by atomic mass is 10.1. The molecule has 0 saturated heterocycles. The van der Waals surface area contributed by atoms with Gasteiger partial charge in [0, 0.05) is 17.5 Å². The molecule has 0 aliphatic heterocycles. The van der Waals surface area contributed by atoms with E-state index in [1.54, 1.807) is 18.3 Å². The van der Waals surface area contributed by atoms with Gasteiger partial charge in [-0.1, -0.05) is 12.1 Å². The lowest BCUT2D eigenvalue weighted by molar-refractivity contribution is 0.533. The molecule has 0 saturated carbocycles. The molecular weight excluding hydrogens is 350 g/mol. The molecular formula is C15H14BrN3OS. The molecule has 0 fully saturated rings. The first-order chi connectivity index (χ1) is 10.1. The Morgan fingerprint density at radius 2 is 2.00 bits per heavy atom. The van der Waals surface area contributed by atoms with Crippen molar-refractivity contribution in [1.82, 2.24) is 10.2 Å². The summed E-state index contributed by atoms with van der Waals surface area (Å²) >= 11 is 5.22. The zero-order valence-electron chi connectivity index (χ0n) is 11.6. The number of anilines is 1. The summed E-state index contributed by atoms with van der Waals surface area (Å²) in [5.41, 5.74) is 1.90. The van der Waals surface area contributed by atoms with Gasteiger partial charge in [-0.2, -0.15) is 0 Å². The minimum absolute atomic E-state index is 0.200. The second-order valence-corrected chi connectivity index (χ2v) is 7.17. The molecule has 1 unspecified atom stereocenters. The van der Waals surface area contributed by atoms with E-state index < -0.39 is 0 Å². The van der Waals surface area contributed by atoms with E-state index in [0.717, 1.165) is 15.0 Å². The largest absolute Gasteiger partial charge is 0.421 e. The van der Waals surface area contributed by atoms with Gasteiger partial charge in [0.05, 0.1) is 15.4 Å². The fourth-order valence-electron chi connectivity index (χ4n) is 2.07. The Morgan fingerprint density at radius 1 is 1.19 bits per heavy atom. The topological polar surface area (TPSA) is 51.0 Å². The number of nitrogens with zero attached hydrogens (tertiary/aromatic N) is 2. The second kappa shape index (κ2) is 5.99. The quantitative estimate of drug-likeness (QED) is 0.705. The average Bonchev–Trinajstić information content (AvgIpc) is 3.08. The first kappa shape index (κ1) is 14.3. The highest BCUT2D eigenvalue weighted by molar-refractivity contribution is 9.11. The van der Waals surface area contributed by atoms with Crippen molar-refractivity contribution in [3.8, 4) is 11.5 Å². The Kier molecular flexibility index (Phi) is 4.07. The zero-order valence-corrected chi connectivity index (χ0v) is 14.0. The van der Waals surface area contributed by atoms with Crippen LogP contribution in [0.5, 0.6) is 0 Å². The van der Waals surface area contributed by atoms with Gasteiger partial charge >= 0.3 is 0 Å². The van der Waals surface area contributed by atoms with Crippen LogP contribution < -0.4 is 5.32 Å². The van der Waals surface area contributed by atoms with Crippen LogP contribution in [0.4, 0.5) is 5.69 Å². The van der Waals surface area contributed by atoms with E-state index in [0.29, 0.717) is 11.8 Å². The van der Waals surface area contributed by atoms with Gasteiger partial charge in [-0.3, -0.25) is 0 Å². The molecule has 0 radical (unpaired) electrons. The average molecular weight is 364 g/mol. The van der Waals surface area contributed by atoms with Crippen molar-refractivity contribution in [2.75, 3.05) is 5.32 Å². The number of aromatic nitrogens is 2. The summed E-state index contributed by atoms with van der Waals surface area (Å²) in [6, 6.07) is 12.3. The van der Waals surface area contributed by atoms with Gasteiger partial charge in [0.2, 0.25) is 11.8 Å². The standard InChI is InChI=1S/C15H14BrN3OS/c1-9(13-7-8-14(16)21-13)17-12-6-4-3-5-11(12)15-19-18-10(2)20-15/h3-9,17H,1-2H3. The first-order valence-corrected chi connectivity index (χ1v) is 8.15. The molecule has 1 aromatic carbocycles. The molecule has 0 aliphatic rings. The third kappa shape index (κ3) is 3.16. The predicted molar refractivity (Wildman–Crippen MR) is 88.5 cm³/mol. The molecule has 3 rings (SSSR count). The van der Waals surface area contributed by atoms with E-state index in [1.807, 2.05) is 24.3 Å². The van der Waals surface area contributed by atoms with Crippen LogP contribution in [0, 0.1) is 6.92 Å². The molecule has 0 bridgehead atoms. The fourth-order valence-corrected chi connectivity index (χ4v) is 3.49. The van der Waals surface area contributed by atoms with Crippen LogP contribution in [0.2, 0.25) is 0 Å². The number of benzene rings is 1. The Hall–Kier alpha value is -1.66. The Balaban J connectivity index is 1.89. The van der Waals surface area contributed by atoms with Gasteiger partial charge < -0.3 is 9.73 Å². The van der Waals surface area contributed by atoms with Crippen LogP contribution in [0.25, 0.3) is 11.5 Å². The molecule has 21 heavy (non-hydrogen) atoms. The van der Waals surface area contributed by atoms with Gasteiger partial charge in [-0.05, 0) is 47.1 Å². The van der Waals surface area contributed by atoms with Gasteiger partial charge in [0.25, 0.3) is 0 Å². The highest BCUT2D eigenvalue weighted by Gasteiger charge is 2.14. The highest BCUT2D eigenvalue weighted by Crippen LogP contribution is 2.32. The summed E-state index contributed by atoms with van der Waals surface area (Å²) in [5, 5.41) is 11.5. The molecule has 6 heteroatoms. The summed E-state index contributed by atoms with van der Waals surface area (Å²) in [6.07, 6.45) is 0. The maximum atomic E-state index is 5.53. The number of para-hydroxylation sites is 1. The normalized spacial score (nSPS) is 12.3. The number of hydrogen-bond acceptors (Lipinski definition) is 5. The van der Waals surface area contributed by atoms with Crippen LogP contribution in [0.1, 0.15) is 23.7 Å². The summed E-state index contributed by atoms with van der Waals surface area (Å²) in [7, 11) is 0. The van der Waals surface area contributed by atoms with E-state index in [1.165, 1.54) is 4.88 Å². The smallest absolute Gasteiger partial charge is 0.249 e. The lowest BCUT2D eigenvalue weighted by Gasteiger charge is -2.15. The van der Waals surface area contributed by atoms with E-state index in [9.17, 15) is 0 Å². The van der Waals surface area contributed by atoms with Crippen molar-refractivity contribution in [3.63, 3.8) is 0 Å². The molecule has 0 amide bonds. The van der Waals surface area contributed by atoms with Crippen molar-refractivity contribution in [2.45, 2.75) is 19.9 Å². The fraction of sp³-hybridized carbons (Fsp3) is 0.200. The Labute approximate surface area is 135 Å². The van der Waals surface area contributed by atoms with Crippen molar-refractivity contribution in [2.24, 2.45) is 0 Å². The van der Waals surface area contributed by atoms with Gasteiger partial charge in [0.15, 0.2) is 0 Å². The number of rotatable bonds is 4. The van der Waals surface area contributed by atoms with Crippen LogP contribution >= 0.6 is 27.3 Å². The van der Waals surface area contributed by atoms with Crippen LogP contribution in [0.15, 0.2) is 44.6 Å². The van der Waals surface area contributed by atoms with Crippen LogP contribution in [-0.4, -0.2) is 10.2 Å². The van der Waals surface area contributed by atoms with Crippen molar-refractivity contribution < 1.29 is 4.42 Å². The third-order valence-electron chi connectivity index (χ3n) is 3.08. The van der Waals surface area contributed by atoms with Crippen molar-refractivity contribution in [1.29, 1.82) is 0 Å². The van der Waals surface area contributed by atoms with Crippen LogP contribution in [0.3, 0.4) is 0 Å². The van der Waals surface area contributed by atoms with Gasteiger partial charge in [-0.25, -0.2) is 0 Å². The molecule has 1 N–H and O–H groups in total. The number of thiophene rings is 1. The maximum absolute atomic E-state index is 5.53. The predicted octanol–water partition coefficient (Wildman–Crippen LogP) is 5.04. The van der Waals surface area contributed by atoms with E-state index in [-0.39, 0.29) is 6.04 Å². The Bertz CT molecular complexity index is 753. The summed E-state index contributed by atoms with van der Waals surface area (Å²) < 4.78 is 6.67. The summed E-state index contributed by atoms with van der Waals surface area (Å²) in [4.78, 5) is 1.26. The SMILES string of the molecule is Cc1nnc(-c2ccccc2NC(C)c2ccc(Br)s2)o1. The number of aryl methyl sites for hydroxylation is 1. The van der Waals surface area contributed by atoms with Gasteiger partial charge in [-0.15, -0.1) is 21.5 Å². The number of nitrogens with one attached hydrogen (secondary N) is 1. The molecule has 2 heterocycles. The summed E-state index contributed by atoms with van der Waals surface area (Å²) in [5.74, 6) is 1.10.